The average molecular weight is 258 g/mol. The molecule has 0 unspecified atom stereocenters. The normalized spacial score (nSPS) is 10.0. The molecule has 0 radical (unpaired) electrons. The number of carbonyl (C=O) groups excluding carboxylic acids is 1. The molecule has 1 N–H and O–H groups in total. The first-order valence-electron chi connectivity index (χ1n) is 5.70. The van der Waals surface area contributed by atoms with Gasteiger partial charge in [0.2, 0.25) is 0 Å². The van der Waals surface area contributed by atoms with Crippen LogP contribution in [0.15, 0.2) is 36.4 Å². The first kappa shape index (κ1) is 13.0. The topological polar surface area (TPSA) is 55.8 Å². The van der Waals surface area contributed by atoms with Gasteiger partial charge in [0.25, 0.3) is 0 Å². The maximum atomic E-state index is 10.8. The Morgan fingerprint density at radius 1 is 1.05 bits per heavy atom. The summed E-state index contributed by atoms with van der Waals surface area (Å²) < 4.78 is 10.4. The number of phenols is 1. The van der Waals surface area contributed by atoms with E-state index in [4.69, 9.17) is 9.47 Å². The van der Waals surface area contributed by atoms with Gasteiger partial charge in [0.15, 0.2) is 6.29 Å². The van der Waals surface area contributed by atoms with E-state index in [1.165, 1.54) is 0 Å². The number of rotatable bonds is 4. The molecule has 0 fully saturated rings. The zero-order valence-electron chi connectivity index (χ0n) is 10.7. The molecule has 0 aliphatic heterocycles. The molecule has 0 spiro atoms. The van der Waals surface area contributed by atoms with Crippen LogP contribution in [0, 0.1) is 0 Å². The first-order valence-corrected chi connectivity index (χ1v) is 5.70. The zero-order valence-corrected chi connectivity index (χ0v) is 10.7. The Balaban J connectivity index is 2.61. The standard InChI is InChI=1S/C15H14O4/c1-18-12-6-11(7-13(8-12)19-2)14-5-3-4-10(9-16)15(14)17/h3-9,17H,1-2H3. The fourth-order valence-electron chi connectivity index (χ4n) is 1.85. The Morgan fingerprint density at radius 2 is 1.68 bits per heavy atom. The van der Waals surface area contributed by atoms with E-state index in [1.807, 2.05) is 0 Å². The fourth-order valence-corrected chi connectivity index (χ4v) is 1.85. The highest BCUT2D eigenvalue weighted by atomic mass is 16.5. The van der Waals surface area contributed by atoms with Gasteiger partial charge in [-0.05, 0) is 23.8 Å². The van der Waals surface area contributed by atoms with Crippen LogP contribution in [-0.4, -0.2) is 25.6 Å². The van der Waals surface area contributed by atoms with Gasteiger partial charge >= 0.3 is 0 Å². The van der Waals surface area contributed by atoms with Crippen molar-refractivity contribution in [3.63, 3.8) is 0 Å². The van der Waals surface area contributed by atoms with Crippen LogP contribution in [0.5, 0.6) is 17.2 Å². The second-order valence-corrected chi connectivity index (χ2v) is 3.96. The van der Waals surface area contributed by atoms with E-state index >= 15 is 0 Å². The smallest absolute Gasteiger partial charge is 0.153 e. The highest BCUT2D eigenvalue weighted by molar-refractivity contribution is 5.86. The van der Waals surface area contributed by atoms with Crippen molar-refractivity contribution >= 4 is 6.29 Å². The Hall–Kier alpha value is -2.49. The molecular formula is C15H14O4. The van der Waals surface area contributed by atoms with E-state index in [9.17, 15) is 9.90 Å². The van der Waals surface area contributed by atoms with E-state index in [2.05, 4.69) is 0 Å². The number of hydrogen-bond donors (Lipinski definition) is 1. The van der Waals surface area contributed by atoms with Crippen molar-refractivity contribution in [3.05, 3.63) is 42.0 Å². The summed E-state index contributed by atoms with van der Waals surface area (Å²) in [5, 5.41) is 10.1. The van der Waals surface area contributed by atoms with E-state index in [-0.39, 0.29) is 11.3 Å². The van der Waals surface area contributed by atoms with Crippen molar-refractivity contribution in [2.75, 3.05) is 14.2 Å². The van der Waals surface area contributed by atoms with Crippen LogP contribution in [0.3, 0.4) is 0 Å². The Labute approximate surface area is 111 Å². The molecule has 0 atom stereocenters. The van der Waals surface area contributed by atoms with Crippen molar-refractivity contribution in [2.45, 2.75) is 0 Å². The minimum Gasteiger partial charge on any atom is -0.507 e. The van der Waals surface area contributed by atoms with Gasteiger partial charge in [-0.1, -0.05) is 12.1 Å². The molecule has 0 aliphatic rings. The Morgan fingerprint density at radius 3 is 2.21 bits per heavy atom. The molecule has 2 aromatic carbocycles. The van der Waals surface area contributed by atoms with E-state index in [0.717, 1.165) is 5.56 Å². The number of benzene rings is 2. The number of methoxy groups -OCH3 is 2. The largest absolute Gasteiger partial charge is 0.507 e. The van der Waals surface area contributed by atoms with Gasteiger partial charge in [-0.15, -0.1) is 0 Å². The number of phenolic OH excluding ortho intramolecular Hbond substituents is 1. The number of carbonyl (C=O) groups is 1. The fraction of sp³-hybridized carbons (Fsp3) is 0.133. The van der Waals surface area contributed by atoms with Crippen molar-refractivity contribution in [3.8, 4) is 28.4 Å². The second kappa shape index (κ2) is 5.44. The molecule has 2 rings (SSSR count). The van der Waals surface area contributed by atoms with E-state index < -0.39 is 0 Å². The molecule has 98 valence electrons. The molecule has 4 nitrogen and oxygen atoms in total. The van der Waals surface area contributed by atoms with Gasteiger partial charge in [0, 0.05) is 11.6 Å². The summed E-state index contributed by atoms with van der Waals surface area (Å²) in [5.41, 5.74) is 1.53. The van der Waals surface area contributed by atoms with Crippen LogP contribution >= 0.6 is 0 Å². The molecule has 19 heavy (non-hydrogen) atoms. The van der Waals surface area contributed by atoms with Crippen LogP contribution in [0.25, 0.3) is 11.1 Å². The Kier molecular flexibility index (Phi) is 3.71. The predicted octanol–water partition coefficient (Wildman–Crippen LogP) is 2.89. The third-order valence-electron chi connectivity index (χ3n) is 2.86. The zero-order chi connectivity index (χ0) is 13.8. The summed E-state index contributed by atoms with van der Waals surface area (Å²) in [6.07, 6.45) is 0.621. The third-order valence-corrected chi connectivity index (χ3v) is 2.86. The molecule has 0 heterocycles. The number of aldehydes is 1. The maximum Gasteiger partial charge on any atom is 0.153 e. The number of hydrogen-bond acceptors (Lipinski definition) is 4. The lowest BCUT2D eigenvalue weighted by atomic mass is 10.0. The molecule has 0 saturated carbocycles. The van der Waals surface area contributed by atoms with Crippen LogP contribution < -0.4 is 9.47 Å². The molecule has 0 amide bonds. The molecular weight excluding hydrogens is 244 g/mol. The minimum atomic E-state index is -0.0483. The summed E-state index contributed by atoms with van der Waals surface area (Å²) in [6.45, 7) is 0. The average Bonchev–Trinajstić information content (AvgIpc) is 2.46. The lowest BCUT2D eigenvalue weighted by molar-refractivity contribution is 0.112. The second-order valence-electron chi connectivity index (χ2n) is 3.96. The monoisotopic (exact) mass is 258 g/mol. The summed E-state index contributed by atoms with van der Waals surface area (Å²) in [7, 11) is 3.11. The molecule has 0 aromatic heterocycles. The molecule has 0 bridgehead atoms. The van der Waals surface area contributed by atoms with Crippen LogP contribution in [0.4, 0.5) is 0 Å². The van der Waals surface area contributed by atoms with E-state index in [1.54, 1.807) is 50.6 Å². The highest BCUT2D eigenvalue weighted by Crippen LogP contribution is 2.35. The van der Waals surface area contributed by atoms with Gasteiger partial charge in [0.05, 0.1) is 19.8 Å². The maximum absolute atomic E-state index is 10.8. The molecule has 0 saturated heterocycles. The van der Waals surface area contributed by atoms with Crippen LogP contribution in [0.1, 0.15) is 10.4 Å². The van der Waals surface area contributed by atoms with E-state index in [0.29, 0.717) is 23.3 Å². The summed E-state index contributed by atoms with van der Waals surface area (Å²) in [5.74, 6) is 1.18. The number of ether oxygens (including phenoxy) is 2. The Bertz CT molecular complexity index is 583. The SMILES string of the molecule is COc1cc(OC)cc(-c2cccc(C=O)c2O)c1. The van der Waals surface area contributed by atoms with Gasteiger partial charge < -0.3 is 14.6 Å². The van der Waals surface area contributed by atoms with Crippen molar-refractivity contribution in [1.29, 1.82) is 0 Å². The number of aromatic hydroxyl groups is 1. The predicted molar refractivity (Wildman–Crippen MR) is 72.0 cm³/mol. The van der Waals surface area contributed by atoms with Crippen LogP contribution in [-0.2, 0) is 0 Å². The highest BCUT2D eigenvalue weighted by Gasteiger charge is 2.11. The van der Waals surface area contributed by atoms with Gasteiger partial charge in [0.1, 0.15) is 17.2 Å². The number of para-hydroxylation sites is 1. The van der Waals surface area contributed by atoms with Crippen molar-refractivity contribution < 1.29 is 19.4 Å². The third kappa shape index (κ3) is 2.52. The van der Waals surface area contributed by atoms with Crippen molar-refractivity contribution in [2.24, 2.45) is 0 Å². The lowest BCUT2D eigenvalue weighted by Crippen LogP contribution is -1.90. The van der Waals surface area contributed by atoms with Crippen molar-refractivity contribution in [1.82, 2.24) is 0 Å². The summed E-state index contributed by atoms with van der Waals surface area (Å²) in [6, 6.07) is 10.3. The minimum absolute atomic E-state index is 0.0483. The molecule has 2 aromatic rings. The van der Waals surface area contributed by atoms with Gasteiger partial charge in [-0.3, -0.25) is 4.79 Å². The summed E-state index contributed by atoms with van der Waals surface area (Å²) >= 11 is 0. The van der Waals surface area contributed by atoms with Gasteiger partial charge in [-0.25, -0.2) is 0 Å². The molecule has 4 heteroatoms. The first-order chi connectivity index (χ1) is 9.19. The van der Waals surface area contributed by atoms with Gasteiger partial charge in [-0.2, -0.15) is 0 Å². The lowest BCUT2D eigenvalue weighted by Gasteiger charge is -2.10. The quantitative estimate of drug-likeness (QED) is 0.857. The van der Waals surface area contributed by atoms with Crippen LogP contribution in [0.2, 0.25) is 0 Å². The summed E-state index contributed by atoms with van der Waals surface area (Å²) in [4.78, 5) is 10.8. The molecule has 0 aliphatic carbocycles.